The maximum Gasteiger partial charge on any atom is 0.191 e. The summed E-state index contributed by atoms with van der Waals surface area (Å²) in [5.74, 6) is 1.81. The van der Waals surface area contributed by atoms with E-state index in [1.807, 2.05) is 49.0 Å². The van der Waals surface area contributed by atoms with E-state index in [9.17, 15) is 4.79 Å². The minimum absolute atomic E-state index is 0.0604. The Labute approximate surface area is 144 Å². The first-order valence-corrected chi connectivity index (χ1v) is 8.66. The van der Waals surface area contributed by atoms with Gasteiger partial charge in [0.25, 0.3) is 0 Å². The van der Waals surface area contributed by atoms with Gasteiger partial charge in [0.2, 0.25) is 0 Å². The third-order valence-electron chi connectivity index (χ3n) is 3.83. The summed E-state index contributed by atoms with van der Waals surface area (Å²) >= 11 is 1.40. The summed E-state index contributed by atoms with van der Waals surface area (Å²) < 4.78 is 8.99. The van der Waals surface area contributed by atoms with Crippen molar-refractivity contribution >= 4 is 17.5 Å². The number of Topliss-reactive ketones (excluding diaryl/α,β-unsaturated/α-hetero) is 1. The van der Waals surface area contributed by atoms with Crippen molar-refractivity contribution in [1.29, 1.82) is 0 Å². The lowest BCUT2D eigenvalue weighted by atomic mass is 10.2. The van der Waals surface area contributed by atoms with Gasteiger partial charge in [-0.25, -0.2) is 0 Å². The van der Waals surface area contributed by atoms with Crippen LogP contribution in [0, 0.1) is 20.8 Å². The van der Waals surface area contributed by atoms with E-state index in [2.05, 4.69) is 15.4 Å². The number of ketones is 1. The van der Waals surface area contributed by atoms with E-state index in [1.54, 1.807) is 6.33 Å². The molecule has 0 aliphatic carbocycles. The van der Waals surface area contributed by atoms with Gasteiger partial charge in [0.15, 0.2) is 16.8 Å². The van der Waals surface area contributed by atoms with Crippen LogP contribution in [-0.4, -0.2) is 36.0 Å². The molecule has 0 amide bonds. The van der Waals surface area contributed by atoms with Crippen LogP contribution in [0.25, 0.3) is 5.82 Å². The highest BCUT2D eigenvalue weighted by molar-refractivity contribution is 7.99. The molecule has 3 heterocycles. The van der Waals surface area contributed by atoms with Crippen molar-refractivity contribution in [3.05, 3.63) is 41.2 Å². The Hall–Kier alpha value is -2.35. The molecule has 0 aliphatic heterocycles. The second-order valence-corrected chi connectivity index (χ2v) is 6.47. The molecule has 3 aromatic heterocycles. The number of nitrogens with zero attached hydrogens (tertiary/aromatic N) is 5. The Bertz CT molecular complexity index is 877. The van der Waals surface area contributed by atoms with E-state index < -0.39 is 0 Å². The second kappa shape index (κ2) is 6.64. The lowest BCUT2D eigenvalue weighted by Crippen LogP contribution is -2.06. The number of aryl methyl sites for hydroxylation is 3. The molecule has 0 unspecified atom stereocenters. The summed E-state index contributed by atoms with van der Waals surface area (Å²) in [6.45, 7) is 8.52. The van der Waals surface area contributed by atoms with Crippen molar-refractivity contribution in [2.75, 3.05) is 5.75 Å². The molecule has 0 atom stereocenters. The normalized spacial score (nSPS) is 11.2. The van der Waals surface area contributed by atoms with Crippen LogP contribution in [0.5, 0.6) is 0 Å². The van der Waals surface area contributed by atoms with Crippen molar-refractivity contribution in [2.45, 2.75) is 39.4 Å². The monoisotopic (exact) mass is 345 g/mol. The molecular formula is C16H19N5O2S. The Kier molecular flexibility index (Phi) is 4.57. The maximum absolute atomic E-state index is 12.6. The van der Waals surface area contributed by atoms with Crippen molar-refractivity contribution in [1.82, 2.24) is 24.5 Å². The Morgan fingerprint density at radius 2 is 2.08 bits per heavy atom. The van der Waals surface area contributed by atoms with E-state index in [1.165, 1.54) is 11.8 Å². The first-order chi connectivity index (χ1) is 11.5. The van der Waals surface area contributed by atoms with E-state index >= 15 is 0 Å². The van der Waals surface area contributed by atoms with Gasteiger partial charge in [0, 0.05) is 29.6 Å². The number of hydrogen-bond acceptors (Lipinski definition) is 6. The predicted octanol–water partition coefficient (Wildman–Crippen LogP) is 2.98. The standard InChI is InChI=1S/C16H19N5O2S/c1-5-20-9-17-18-16(20)24-8-14(22)13-6-10(2)21(12(13)4)15-7-11(3)23-19-15/h6-7,9H,5,8H2,1-4H3. The molecule has 7 nitrogen and oxygen atoms in total. The molecule has 3 aromatic rings. The maximum atomic E-state index is 12.6. The molecule has 0 fully saturated rings. The lowest BCUT2D eigenvalue weighted by Gasteiger charge is -2.05. The highest BCUT2D eigenvalue weighted by Gasteiger charge is 2.19. The molecule has 0 radical (unpaired) electrons. The molecule has 24 heavy (non-hydrogen) atoms. The van der Waals surface area contributed by atoms with Crippen LogP contribution in [0.1, 0.15) is 34.4 Å². The van der Waals surface area contributed by atoms with E-state index in [0.717, 1.165) is 28.8 Å². The fourth-order valence-corrected chi connectivity index (χ4v) is 3.50. The van der Waals surface area contributed by atoms with Crippen LogP contribution in [0.3, 0.4) is 0 Å². The molecule has 0 aliphatic rings. The number of carbonyl (C=O) groups is 1. The number of hydrogen-bond donors (Lipinski definition) is 0. The highest BCUT2D eigenvalue weighted by Crippen LogP contribution is 2.23. The van der Waals surface area contributed by atoms with Gasteiger partial charge < -0.3 is 9.09 Å². The Balaban J connectivity index is 1.81. The minimum atomic E-state index is 0.0604. The number of thioether (sulfide) groups is 1. The lowest BCUT2D eigenvalue weighted by molar-refractivity contribution is 0.102. The van der Waals surface area contributed by atoms with Gasteiger partial charge in [-0.05, 0) is 33.8 Å². The number of aromatic nitrogens is 5. The summed E-state index contributed by atoms with van der Waals surface area (Å²) in [6.07, 6.45) is 1.67. The molecule has 0 aromatic carbocycles. The van der Waals surface area contributed by atoms with Crippen LogP contribution >= 0.6 is 11.8 Å². The molecule has 0 spiro atoms. The van der Waals surface area contributed by atoms with Gasteiger partial charge in [-0.2, -0.15) is 0 Å². The molecule has 0 bridgehead atoms. The zero-order valence-electron chi connectivity index (χ0n) is 14.1. The van der Waals surface area contributed by atoms with Crippen molar-refractivity contribution < 1.29 is 9.32 Å². The first kappa shape index (κ1) is 16.5. The Morgan fingerprint density at radius 3 is 2.75 bits per heavy atom. The largest absolute Gasteiger partial charge is 0.360 e. The minimum Gasteiger partial charge on any atom is -0.360 e. The average molecular weight is 345 g/mol. The zero-order valence-corrected chi connectivity index (χ0v) is 14.9. The Morgan fingerprint density at radius 1 is 1.29 bits per heavy atom. The smallest absolute Gasteiger partial charge is 0.191 e. The van der Waals surface area contributed by atoms with Crippen LogP contribution in [-0.2, 0) is 6.54 Å². The molecule has 0 N–H and O–H groups in total. The summed E-state index contributed by atoms with van der Waals surface area (Å²) in [5, 5.41) is 12.7. The average Bonchev–Trinajstić information content (AvgIpc) is 3.24. The van der Waals surface area contributed by atoms with Gasteiger partial charge >= 0.3 is 0 Å². The van der Waals surface area contributed by atoms with E-state index in [-0.39, 0.29) is 5.78 Å². The summed E-state index contributed by atoms with van der Waals surface area (Å²) in [5.41, 5.74) is 2.51. The van der Waals surface area contributed by atoms with Gasteiger partial charge in [0.1, 0.15) is 12.1 Å². The molecule has 0 saturated heterocycles. The SMILES string of the molecule is CCn1cnnc1SCC(=O)c1cc(C)n(-c2cc(C)on2)c1C. The van der Waals surface area contributed by atoms with E-state index in [0.29, 0.717) is 17.1 Å². The molecule has 126 valence electrons. The van der Waals surface area contributed by atoms with E-state index in [4.69, 9.17) is 4.52 Å². The van der Waals surface area contributed by atoms with Gasteiger partial charge in [-0.1, -0.05) is 16.9 Å². The van der Waals surface area contributed by atoms with Crippen molar-refractivity contribution in [3.63, 3.8) is 0 Å². The van der Waals surface area contributed by atoms with Crippen LogP contribution in [0.2, 0.25) is 0 Å². The van der Waals surface area contributed by atoms with Crippen LogP contribution < -0.4 is 0 Å². The van der Waals surface area contributed by atoms with Crippen LogP contribution in [0.15, 0.2) is 28.1 Å². The predicted molar refractivity (Wildman–Crippen MR) is 90.8 cm³/mol. The summed E-state index contributed by atoms with van der Waals surface area (Å²) in [6, 6.07) is 3.75. The summed E-state index contributed by atoms with van der Waals surface area (Å²) in [4.78, 5) is 12.6. The summed E-state index contributed by atoms with van der Waals surface area (Å²) in [7, 11) is 0. The van der Waals surface area contributed by atoms with Crippen molar-refractivity contribution in [3.8, 4) is 5.82 Å². The first-order valence-electron chi connectivity index (χ1n) is 7.67. The topological polar surface area (TPSA) is 78.7 Å². The van der Waals surface area contributed by atoms with Crippen molar-refractivity contribution in [2.24, 2.45) is 0 Å². The molecule has 3 rings (SSSR count). The number of carbonyl (C=O) groups excluding carboxylic acids is 1. The number of rotatable bonds is 6. The highest BCUT2D eigenvalue weighted by atomic mass is 32.2. The third-order valence-corrected chi connectivity index (χ3v) is 4.81. The van der Waals surface area contributed by atoms with Gasteiger partial charge in [0.05, 0.1) is 5.75 Å². The second-order valence-electron chi connectivity index (χ2n) is 5.53. The fraction of sp³-hybridized carbons (Fsp3) is 0.375. The molecule has 8 heteroatoms. The fourth-order valence-electron chi connectivity index (χ4n) is 2.64. The quantitative estimate of drug-likeness (QED) is 0.505. The van der Waals surface area contributed by atoms with Crippen LogP contribution in [0.4, 0.5) is 0 Å². The zero-order chi connectivity index (χ0) is 17.3. The molecule has 0 saturated carbocycles. The third kappa shape index (κ3) is 3.01. The molecular weight excluding hydrogens is 326 g/mol. The van der Waals surface area contributed by atoms with Gasteiger partial charge in [-0.3, -0.25) is 9.36 Å². The van der Waals surface area contributed by atoms with Gasteiger partial charge in [-0.15, -0.1) is 10.2 Å².